The molecule has 0 bridgehead atoms. The van der Waals surface area contributed by atoms with Gasteiger partial charge < -0.3 is 32.1 Å². The van der Waals surface area contributed by atoms with Crippen molar-refractivity contribution in [2.75, 3.05) is 26.2 Å². The number of aliphatic carboxylic acids is 2. The van der Waals surface area contributed by atoms with Gasteiger partial charge in [-0.25, -0.2) is 0 Å². The summed E-state index contributed by atoms with van der Waals surface area (Å²) in [5.41, 5.74) is 9.91. The van der Waals surface area contributed by atoms with Gasteiger partial charge in [0.2, 0.25) is 0 Å². The molecular weight excluding hydrogens is 290 g/mol. The molecule has 0 amide bonds. The smallest absolute Gasteiger partial charge is 0.303 e. The van der Waals surface area contributed by atoms with Gasteiger partial charge in [-0.1, -0.05) is 20.3 Å². The van der Waals surface area contributed by atoms with E-state index in [2.05, 4.69) is 5.32 Å². The van der Waals surface area contributed by atoms with Crippen LogP contribution in [-0.4, -0.2) is 59.5 Å². The van der Waals surface area contributed by atoms with Gasteiger partial charge >= 0.3 is 11.9 Å². The highest BCUT2D eigenvalue weighted by molar-refractivity contribution is 5.66. The fraction of sp³-hybridized carbons (Fsp3) is 0.857. The summed E-state index contributed by atoms with van der Waals surface area (Å²) >= 11 is 0. The predicted octanol–water partition coefficient (Wildman–Crippen LogP) is -0.0134. The minimum absolute atomic E-state index is 0.222. The van der Waals surface area contributed by atoms with E-state index < -0.39 is 18.0 Å². The van der Waals surface area contributed by atoms with Gasteiger partial charge in [-0.3, -0.25) is 9.59 Å². The molecule has 1 rings (SSSR count). The molecule has 0 aromatic carbocycles. The molecule has 0 aromatic rings. The zero-order valence-corrected chi connectivity index (χ0v) is 13.8. The second-order valence-corrected chi connectivity index (χ2v) is 4.43. The first-order valence-corrected chi connectivity index (χ1v) is 7.58. The molecule has 8 N–H and O–H groups in total. The Morgan fingerprint density at radius 1 is 0.955 bits per heavy atom. The lowest BCUT2D eigenvalue weighted by atomic mass is 10.2. The molecule has 22 heavy (non-hydrogen) atoms. The van der Waals surface area contributed by atoms with Crippen LogP contribution in [0.4, 0.5) is 0 Å². The number of hydrogen-bond acceptors (Lipinski definition) is 6. The van der Waals surface area contributed by atoms with E-state index in [4.69, 9.17) is 26.8 Å². The number of carboxylic acid groups (broad SMARTS) is 2. The van der Waals surface area contributed by atoms with E-state index in [1.807, 2.05) is 0 Å². The molecule has 134 valence electrons. The van der Waals surface area contributed by atoms with Crippen LogP contribution in [0.15, 0.2) is 0 Å². The largest absolute Gasteiger partial charge is 0.481 e. The fourth-order valence-corrected chi connectivity index (χ4v) is 0.898. The summed E-state index contributed by atoms with van der Waals surface area (Å²) < 4.78 is 0. The SMILES string of the molecule is C1CCNCC1.CCC(=O)O.CCC(=O)O.NCC(O)CN. The first-order valence-electron chi connectivity index (χ1n) is 7.58. The van der Waals surface area contributed by atoms with Gasteiger partial charge in [0.05, 0.1) is 6.10 Å². The van der Waals surface area contributed by atoms with Crippen molar-refractivity contribution in [3.8, 4) is 0 Å². The summed E-state index contributed by atoms with van der Waals surface area (Å²) in [5.74, 6) is -1.49. The quantitative estimate of drug-likeness (QED) is 0.421. The highest BCUT2D eigenvalue weighted by Gasteiger charge is 1.93. The standard InChI is InChI=1S/C5H11N.C3H10N2O.2C3H6O2/c1-2-4-6-5-3-1;4-1-3(6)2-5;2*1-2-3(4)5/h6H,1-5H2;3,6H,1-2,4-5H2;2*2H2,1H3,(H,4,5). The minimum atomic E-state index is -0.745. The number of piperidine rings is 1. The summed E-state index contributed by atoms with van der Waals surface area (Å²) in [5, 5.41) is 27.1. The third-order valence-electron chi connectivity index (χ3n) is 2.36. The van der Waals surface area contributed by atoms with Crippen molar-refractivity contribution in [3.63, 3.8) is 0 Å². The third kappa shape index (κ3) is 36.3. The fourth-order valence-electron chi connectivity index (χ4n) is 0.898. The zero-order valence-electron chi connectivity index (χ0n) is 13.8. The average Bonchev–Trinajstić information content (AvgIpc) is 2.57. The lowest BCUT2D eigenvalue weighted by molar-refractivity contribution is -0.137. The van der Waals surface area contributed by atoms with Crippen molar-refractivity contribution in [1.29, 1.82) is 0 Å². The summed E-state index contributed by atoms with van der Waals surface area (Å²) in [6.45, 7) is 6.22. The molecule has 0 saturated carbocycles. The van der Waals surface area contributed by atoms with E-state index in [0.717, 1.165) is 0 Å². The average molecular weight is 323 g/mol. The van der Waals surface area contributed by atoms with Crippen LogP contribution >= 0.6 is 0 Å². The van der Waals surface area contributed by atoms with Crippen LogP contribution in [0.3, 0.4) is 0 Å². The van der Waals surface area contributed by atoms with E-state index in [9.17, 15) is 9.59 Å². The normalized spacial score (nSPS) is 12.6. The van der Waals surface area contributed by atoms with Gasteiger partial charge in [0, 0.05) is 25.9 Å². The van der Waals surface area contributed by atoms with Crippen molar-refractivity contribution < 1.29 is 24.9 Å². The first-order chi connectivity index (χ1) is 10.3. The van der Waals surface area contributed by atoms with Crippen molar-refractivity contribution >= 4 is 11.9 Å². The van der Waals surface area contributed by atoms with Crippen molar-refractivity contribution in [2.24, 2.45) is 11.5 Å². The van der Waals surface area contributed by atoms with Crippen LogP contribution in [-0.2, 0) is 9.59 Å². The Labute approximate surface area is 132 Å². The van der Waals surface area contributed by atoms with Crippen molar-refractivity contribution in [1.82, 2.24) is 5.32 Å². The van der Waals surface area contributed by atoms with Gasteiger partial charge in [-0.05, 0) is 25.9 Å². The van der Waals surface area contributed by atoms with Crippen LogP contribution < -0.4 is 16.8 Å². The Balaban J connectivity index is -0.000000220. The summed E-state index contributed by atoms with van der Waals surface area (Å²) in [7, 11) is 0. The maximum atomic E-state index is 9.37. The van der Waals surface area contributed by atoms with Crippen LogP contribution in [0.2, 0.25) is 0 Å². The lowest BCUT2D eigenvalue weighted by Gasteiger charge is -2.08. The van der Waals surface area contributed by atoms with E-state index >= 15 is 0 Å². The summed E-state index contributed by atoms with van der Waals surface area (Å²) in [6.07, 6.45) is 4.15. The summed E-state index contributed by atoms with van der Waals surface area (Å²) in [4.78, 5) is 18.7. The molecule has 8 nitrogen and oxygen atoms in total. The molecule has 1 aliphatic rings. The number of carbonyl (C=O) groups is 2. The Bertz CT molecular complexity index is 219. The molecule has 1 aliphatic heterocycles. The van der Waals surface area contributed by atoms with E-state index in [0.29, 0.717) is 0 Å². The van der Waals surface area contributed by atoms with Gasteiger partial charge in [0.25, 0.3) is 0 Å². The number of rotatable bonds is 4. The maximum absolute atomic E-state index is 9.37. The topological polar surface area (TPSA) is 159 Å². The van der Waals surface area contributed by atoms with Gasteiger partial charge in [-0.15, -0.1) is 0 Å². The molecule has 1 fully saturated rings. The van der Waals surface area contributed by atoms with Gasteiger partial charge in [-0.2, -0.15) is 0 Å². The summed E-state index contributed by atoms with van der Waals surface area (Å²) in [6, 6.07) is 0. The Hall–Kier alpha value is -1.22. The van der Waals surface area contributed by atoms with E-state index in [1.165, 1.54) is 32.4 Å². The molecule has 0 spiro atoms. The highest BCUT2D eigenvalue weighted by Crippen LogP contribution is 1.96. The number of aliphatic hydroxyl groups is 1. The highest BCUT2D eigenvalue weighted by atomic mass is 16.4. The molecule has 0 atom stereocenters. The number of nitrogens with one attached hydrogen (secondary N) is 1. The van der Waals surface area contributed by atoms with Crippen molar-refractivity contribution in [2.45, 2.75) is 52.1 Å². The zero-order chi connectivity index (χ0) is 17.8. The van der Waals surface area contributed by atoms with Crippen molar-refractivity contribution in [3.05, 3.63) is 0 Å². The van der Waals surface area contributed by atoms with E-state index in [-0.39, 0.29) is 25.9 Å². The molecule has 1 heterocycles. The van der Waals surface area contributed by atoms with Crippen LogP contribution in [0.25, 0.3) is 0 Å². The molecule has 1 saturated heterocycles. The third-order valence-corrected chi connectivity index (χ3v) is 2.36. The first kappa shape index (κ1) is 25.7. The van der Waals surface area contributed by atoms with Crippen LogP contribution in [0, 0.1) is 0 Å². The van der Waals surface area contributed by atoms with Crippen LogP contribution in [0.1, 0.15) is 46.0 Å². The molecule has 0 aliphatic carbocycles. The van der Waals surface area contributed by atoms with E-state index in [1.54, 1.807) is 13.8 Å². The Morgan fingerprint density at radius 2 is 1.27 bits per heavy atom. The maximum Gasteiger partial charge on any atom is 0.303 e. The monoisotopic (exact) mass is 323 g/mol. The number of nitrogens with two attached hydrogens (primary N) is 2. The minimum Gasteiger partial charge on any atom is -0.481 e. The lowest BCUT2D eigenvalue weighted by Crippen LogP contribution is -2.27. The Kier molecular flexibility index (Phi) is 25.8. The second kappa shape index (κ2) is 22.1. The number of aliphatic hydroxyl groups excluding tert-OH is 1. The molecule has 0 aromatic heterocycles. The number of hydrogen-bond donors (Lipinski definition) is 6. The molecule has 0 radical (unpaired) electrons. The molecule has 0 unspecified atom stereocenters. The van der Waals surface area contributed by atoms with Crippen LogP contribution in [0.5, 0.6) is 0 Å². The Morgan fingerprint density at radius 3 is 1.32 bits per heavy atom. The number of carboxylic acids is 2. The van der Waals surface area contributed by atoms with Gasteiger partial charge in [0.15, 0.2) is 0 Å². The predicted molar refractivity (Wildman–Crippen MR) is 86.7 cm³/mol. The molecule has 8 heteroatoms. The second-order valence-electron chi connectivity index (χ2n) is 4.43. The molecular formula is C14H33N3O5. The van der Waals surface area contributed by atoms with Gasteiger partial charge in [0.1, 0.15) is 0 Å².